The number of nitrogens with one attached hydrogen (secondary N) is 1. The van der Waals surface area contributed by atoms with Crippen molar-refractivity contribution in [3.63, 3.8) is 0 Å². The third-order valence-electron chi connectivity index (χ3n) is 8.63. The van der Waals surface area contributed by atoms with E-state index in [1.54, 1.807) is 43.5 Å². The van der Waals surface area contributed by atoms with Gasteiger partial charge in [-0.15, -0.1) is 0 Å². The summed E-state index contributed by atoms with van der Waals surface area (Å²) < 4.78 is 16.7. The second kappa shape index (κ2) is 9.70. The Kier molecular flexibility index (Phi) is 6.00. The lowest BCUT2D eigenvalue weighted by Crippen LogP contribution is -2.48. The zero-order valence-corrected chi connectivity index (χ0v) is 24.3. The molecule has 0 aromatic heterocycles. The van der Waals surface area contributed by atoms with E-state index in [0.717, 1.165) is 0 Å². The lowest BCUT2D eigenvalue weighted by Gasteiger charge is -2.32. The van der Waals surface area contributed by atoms with E-state index in [4.69, 9.17) is 14.2 Å². The smallest absolute Gasteiger partial charge is 0.281 e. The number of Topliss-reactive ketones (excluding diaryl/α,β-unsaturated/α-hetero) is 3. The average Bonchev–Trinajstić information content (AvgIpc) is 3.03. The van der Waals surface area contributed by atoms with Gasteiger partial charge >= 0.3 is 0 Å². The molecule has 4 aliphatic rings. The maximum absolute atomic E-state index is 14.4. The van der Waals surface area contributed by atoms with Crippen LogP contribution in [0.2, 0.25) is 0 Å². The van der Waals surface area contributed by atoms with Gasteiger partial charge in [-0.3, -0.25) is 24.6 Å². The van der Waals surface area contributed by atoms with Gasteiger partial charge < -0.3 is 19.3 Å². The number of hydrazine groups is 1. The fourth-order valence-electron chi connectivity index (χ4n) is 6.67. The third-order valence-corrected chi connectivity index (χ3v) is 8.63. The molecule has 7 rings (SSSR count). The maximum Gasteiger partial charge on any atom is 0.281 e. The number of anilines is 1. The molecule has 2 N–H and O–H groups in total. The molecule has 3 aromatic carbocycles. The summed E-state index contributed by atoms with van der Waals surface area (Å²) in [5, 5.41) is 13.7. The lowest BCUT2D eigenvalue weighted by atomic mass is 9.71. The molecule has 0 saturated heterocycles. The van der Waals surface area contributed by atoms with Crippen molar-refractivity contribution in [2.24, 2.45) is 0 Å². The number of rotatable bonds is 4. The van der Waals surface area contributed by atoms with E-state index in [1.165, 1.54) is 32.4 Å². The van der Waals surface area contributed by atoms with E-state index in [2.05, 4.69) is 5.43 Å². The Morgan fingerprint density at radius 3 is 2.25 bits per heavy atom. The molecule has 1 heterocycles. The summed E-state index contributed by atoms with van der Waals surface area (Å²) in [4.78, 5) is 56.3. The molecule has 0 saturated carbocycles. The minimum absolute atomic E-state index is 0.00740. The predicted octanol–water partition coefficient (Wildman–Crippen LogP) is 2.58. The van der Waals surface area contributed by atoms with Crippen molar-refractivity contribution in [3.05, 3.63) is 103 Å². The Balaban J connectivity index is 1.49. The summed E-state index contributed by atoms with van der Waals surface area (Å²) in [6.45, 7) is 1.71. The van der Waals surface area contributed by atoms with Crippen molar-refractivity contribution >= 4 is 40.7 Å². The number of hydrogen-bond donors (Lipinski definition) is 2. The monoisotopic (exact) mass is 590 g/mol. The molecule has 0 bridgehead atoms. The van der Waals surface area contributed by atoms with Crippen molar-refractivity contribution in [2.75, 3.05) is 26.3 Å². The van der Waals surface area contributed by atoms with Crippen LogP contribution in [-0.2, 0) is 16.0 Å². The van der Waals surface area contributed by atoms with Crippen LogP contribution in [-0.4, -0.2) is 49.7 Å². The number of aromatic hydroxyl groups is 1. The highest BCUT2D eigenvalue weighted by Gasteiger charge is 2.47. The molecular weight excluding hydrogens is 564 g/mol. The lowest BCUT2D eigenvalue weighted by molar-refractivity contribution is -0.110. The molecule has 10 heteroatoms. The molecule has 0 unspecified atom stereocenters. The topological polar surface area (TPSA) is 131 Å². The highest BCUT2D eigenvalue weighted by Crippen LogP contribution is 2.46. The Labute approximate surface area is 251 Å². The summed E-state index contributed by atoms with van der Waals surface area (Å²) in [6.07, 6.45) is 2.31. The fourth-order valence-corrected chi connectivity index (χ4v) is 6.67. The zero-order valence-electron chi connectivity index (χ0n) is 24.3. The molecule has 0 fully saturated rings. The molecule has 44 heavy (non-hydrogen) atoms. The summed E-state index contributed by atoms with van der Waals surface area (Å²) in [7, 11) is 4.20. The van der Waals surface area contributed by atoms with Gasteiger partial charge in [0.1, 0.15) is 23.0 Å². The van der Waals surface area contributed by atoms with Crippen LogP contribution < -0.4 is 30.3 Å². The Bertz CT molecular complexity index is 2090. The molecule has 3 aliphatic carbocycles. The fraction of sp³-hybridized carbons (Fsp3) is 0.176. The van der Waals surface area contributed by atoms with E-state index >= 15 is 0 Å². The quantitative estimate of drug-likeness (QED) is 0.440. The number of hydrogen-bond acceptors (Lipinski definition) is 9. The van der Waals surface area contributed by atoms with Crippen molar-refractivity contribution in [1.82, 2.24) is 5.43 Å². The van der Waals surface area contributed by atoms with Crippen molar-refractivity contribution < 1.29 is 38.5 Å². The molecule has 1 aliphatic heterocycles. The number of carbonyl (C=O) groups is 4. The first-order chi connectivity index (χ1) is 21.2. The number of phenols is 1. The van der Waals surface area contributed by atoms with Gasteiger partial charge in [-0.25, -0.2) is 5.01 Å². The normalized spacial score (nSPS) is 16.8. The number of para-hydroxylation sites is 1. The van der Waals surface area contributed by atoms with E-state index in [1.807, 2.05) is 6.07 Å². The van der Waals surface area contributed by atoms with Gasteiger partial charge in [0.15, 0.2) is 11.6 Å². The number of benzene rings is 3. The molecular formula is C34H26N2O8. The molecule has 3 aromatic rings. The van der Waals surface area contributed by atoms with E-state index < -0.39 is 23.3 Å². The summed E-state index contributed by atoms with van der Waals surface area (Å²) >= 11 is 0. The number of fused-ring (bicyclic) bond motifs is 4. The van der Waals surface area contributed by atoms with E-state index in [0.29, 0.717) is 46.2 Å². The number of ether oxygens (including phenoxy) is 3. The number of ketones is 3. The second-order valence-corrected chi connectivity index (χ2v) is 10.8. The van der Waals surface area contributed by atoms with Crippen molar-refractivity contribution in [2.45, 2.75) is 19.8 Å². The first-order valence-electron chi connectivity index (χ1n) is 13.9. The summed E-state index contributed by atoms with van der Waals surface area (Å²) in [5.74, 6) is -2.31. The van der Waals surface area contributed by atoms with Crippen molar-refractivity contribution in [3.8, 4) is 17.2 Å². The third kappa shape index (κ3) is 3.48. The van der Waals surface area contributed by atoms with Crippen LogP contribution in [0.15, 0.2) is 64.9 Å². The highest BCUT2D eigenvalue weighted by atomic mass is 16.5. The second-order valence-electron chi connectivity index (χ2n) is 10.8. The van der Waals surface area contributed by atoms with Gasteiger partial charge in [0.2, 0.25) is 5.78 Å². The van der Waals surface area contributed by atoms with Gasteiger partial charge in [-0.05, 0) is 49.6 Å². The maximum atomic E-state index is 14.4. The highest BCUT2D eigenvalue weighted by molar-refractivity contribution is 6.48. The van der Waals surface area contributed by atoms with Crippen LogP contribution in [0.4, 0.5) is 5.69 Å². The summed E-state index contributed by atoms with van der Waals surface area (Å²) in [6, 6.07) is 12.1. The SMILES string of the molecule is COC1=C2CCc3cc4c(c(O)c3=C2C(=O)C2=C1C(=O)c1c(cc(OC)c(C)c1OC)C2=O)C(=O)N(c1ccccc1)NC=4. The number of carbonyl (C=O) groups excluding carboxylic acids is 4. The number of phenolic OH excluding ortho intramolecular Hbond substituents is 1. The van der Waals surface area contributed by atoms with Gasteiger partial charge in [0.25, 0.3) is 5.91 Å². The number of amides is 1. The Morgan fingerprint density at radius 2 is 1.57 bits per heavy atom. The number of allylic oxidation sites excluding steroid dienone is 3. The molecule has 1 amide bonds. The first-order valence-corrected chi connectivity index (χ1v) is 13.9. The minimum Gasteiger partial charge on any atom is -0.506 e. The number of nitrogens with zero attached hydrogens (tertiary/aromatic N) is 1. The molecule has 10 nitrogen and oxygen atoms in total. The van der Waals surface area contributed by atoms with Gasteiger partial charge in [0.05, 0.1) is 49.3 Å². The van der Waals surface area contributed by atoms with Crippen LogP contribution in [0.5, 0.6) is 17.2 Å². The van der Waals surface area contributed by atoms with Crippen LogP contribution in [0.1, 0.15) is 48.6 Å². The van der Waals surface area contributed by atoms with Crippen LogP contribution >= 0.6 is 0 Å². The van der Waals surface area contributed by atoms with Gasteiger partial charge in [-0.1, -0.05) is 18.2 Å². The van der Waals surface area contributed by atoms with Crippen LogP contribution in [0, 0.1) is 6.92 Å². The largest absolute Gasteiger partial charge is 0.506 e. The predicted molar refractivity (Wildman–Crippen MR) is 159 cm³/mol. The molecule has 0 atom stereocenters. The van der Waals surface area contributed by atoms with Gasteiger partial charge in [0, 0.05) is 38.9 Å². The molecule has 220 valence electrons. The van der Waals surface area contributed by atoms with E-state index in [9.17, 15) is 24.3 Å². The number of aryl methyl sites for hydroxylation is 1. The Hall–Kier alpha value is -5.64. The molecule has 0 spiro atoms. The molecule has 0 radical (unpaired) electrons. The van der Waals surface area contributed by atoms with Crippen molar-refractivity contribution in [1.29, 1.82) is 0 Å². The zero-order chi connectivity index (χ0) is 31.0. The summed E-state index contributed by atoms with van der Waals surface area (Å²) in [5.41, 5.74) is 4.62. The number of methoxy groups -OCH3 is 3. The minimum atomic E-state index is -0.722. The standard InChI is InChI=1S/C34H26N2O8/c1-15-21(42-2)13-20-25(32(15)43-3)31(40)27-26(28(20)37)30(39)24-19(33(27)44-4)11-10-16-12-17-14-35-36(18-8-6-5-7-9-18)34(41)23(17)29(38)22(16)24/h5-9,12-14,35,38H,10-11H2,1-4H3. The van der Waals surface area contributed by atoms with Crippen LogP contribution in [0.25, 0.3) is 11.8 Å². The van der Waals surface area contributed by atoms with Gasteiger partial charge in [-0.2, -0.15) is 0 Å². The first kappa shape index (κ1) is 27.2. The van der Waals surface area contributed by atoms with E-state index in [-0.39, 0.29) is 55.9 Å². The average molecular weight is 591 g/mol. The Morgan fingerprint density at radius 1 is 0.818 bits per heavy atom. The van der Waals surface area contributed by atoms with Crippen LogP contribution in [0.3, 0.4) is 0 Å².